The molecule has 0 spiro atoms. The number of nitrogens with zero attached hydrogens (tertiary/aromatic N) is 1. The first kappa shape index (κ1) is 9.06. The summed E-state index contributed by atoms with van der Waals surface area (Å²) in [5.74, 6) is 0. The van der Waals surface area contributed by atoms with Crippen LogP contribution < -0.4 is 4.74 Å². The number of hydrogen-bond donors (Lipinski definition) is 1. The van der Waals surface area contributed by atoms with Crippen molar-refractivity contribution in [2.75, 3.05) is 0 Å². The van der Waals surface area contributed by atoms with Crippen molar-refractivity contribution in [3.05, 3.63) is 12.0 Å². The van der Waals surface area contributed by atoms with Crippen LogP contribution in [0.4, 0.5) is 0 Å². The first-order valence-electron chi connectivity index (χ1n) is 3.75. The second kappa shape index (κ2) is 3.15. The second-order valence-electron chi connectivity index (χ2n) is 3.48. The average Bonchev–Trinajstić information content (AvgIpc) is 2.32. The van der Waals surface area contributed by atoms with Gasteiger partial charge in [-0.2, -0.15) is 4.98 Å². The molecule has 12 heavy (non-hydrogen) atoms. The van der Waals surface area contributed by atoms with Gasteiger partial charge in [-0.05, 0) is 20.8 Å². The van der Waals surface area contributed by atoms with Crippen molar-refractivity contribution in [2.45, 2.75) is 33.0 Å². The molecule has 4 heteroatoms. The second-order valence-corrected chi connectivity index (χ2v) is 3.48. The Morgan fingerprint density at radius 3 is 2.67 bits per heavy atom. The van der Waals surface area contributed by atoms with Gasteiger partial charge in [-0.1, -0.05) is 0 Å². The summed E-state index contributed by atoms with van der Waals surface area (Å²) in [5, 5.41) is 8.67. The lowest BCUT2D eigenvalue weighted by Gasteiger charge is -2.17. The van der Waals surface area contributed by atoms with Gasteiger partial charge in [0.15, 0.2) is 0 Å². The monoisotopic (exact) mass is 171 g/mol. The summed E-state index contributed by atoms with van der Waals surface area (Å²) in [4.78, 5) is 3.88. The Balaban J connectivity index is 2.64. The molecular formula is C8H13NO3. The third-order valence-corrected chi connectivity index (χ3v) is 1.09. The number of aliphatic hydroxyl groups excluding tert-OH is 1. The van der Waals surface area contributed by atoms with E-state index >= 15 is 0 Å². The standard InChI is InChI=1S/C8H13NO3/c1-8(2,3)12-7-9-6(4-10)5-11-7/h5,10H,4H2,1-3H3. The van der Waals surface area contributed by atoms with Crippen LogP contribution in [0.25, 0.3) is 0 Å². The van der Waals surface area contributed by atoms with Gasteiger partial charge in [0.2, 0.25) is 0 Å². The van der Waals surface area contributed by atoms with Crippen molar-refractivity contribution >= 4 is 0 Å². The molecule has 1 N–H and O–H groups in total. The zero-order chi connectivity index (χ0) is 9.19. The van der Waals surface area contributed by atoms with Gasteiger partial charge in [-0.15, -0.1) is 0 Å². The Morgan fingerprint density at radius 1 is 1.58 bits per heavy atom. The Bertz CT molecular complexity index is 249. The van der Waals surface area contributed by atoms with E-state index in [4.69, 9.17) is 14.3 Å². The fourth-order valence-corrected chi connectivity index (χ4v) is 0.670. The Labute approximate surface area is 71.2 Å². The molecule has 0 saturated heterocycles. The minimum atomic E-state index is -0.322. The van der Waals surface area contributed by atoms with E-state index in [9.17, 15) is 0 Å². The molecule has 0 aromatic carbocycles. The lowest BCUT2D eigenvalue weighted by molar-refractivity contribution is 0.0873. The fourth-order valence-electron chi connectivity index (χ4n) is 0.670. The minimum Gasteiger partial charge on any atom is -0.444 e. The smallest absolute Gasteiger partial charge is 0.394 e. The molecule has 0 aliphatic rings. The van der Waals surface area contributed by atoms with Crippen molar-refractivity contribution in [2.24, 2.45) is 0 Å². The zero-order valence-electron chi connectivity index (χ0n) is 7.50. The predicted molar refractivity (Wildman–Crippen MR) is 42.8 cm³/mol. The molecule has 0 aliphatic heterocycles. The molecule has 1 heterocycles. The van der Waals surface area contributed by atoms with Crippen LogP contribution in [0.15, 0.2) is 10.7 Å². The van der Waals surface area contributed by atoms with Crippen LogP contribution in [0.3, 0.4) is 0 Å². The van der Waals surface area contributed by atoms with Crippen LogP contribution in [0, 0.1) is 0 Å². The highest BCUT2D eigenvalue weighted by Crippen LogP contribution is 2.16. The largest absolute Gasteiger partial charge is 0.444 e. The summed E-state index contributed by atoms with van der Waals surface area (Å²) in [7, 11) is 0. The van der Waals surface area contributed by atoms with Crippen molar-refractivity contribution in [1.82, 2.24) is 4.98 Å². The van der Waals surface area contributed by atoms with Gasteiger partial charge in [0.25, 0.3) is 0 Å². The number of oxazole rings is 1. The molecule has 1 aromatic rings. The van der Waals surface area contributed by atoms with Gasteiger partial charge in [0.1, 0.15) is 17.6 Å². The summed E-state index contributed by atoms with van der Waals surface area (Å²) >= 11 is 0. The van der Waals surface area contributed by atoms with Crippen molar-refractivity contribution < 1.29 is 14.3 Å². The highest BCUT2D eigenvalue weighted by Gasteiger charge is 2.15. The number of aromatic nitrogens is 1. The van der Waals surface area contributed by atoms with Crippen LogP contribution in [-0.2, 0) is 6.61 Å². The van der Waals surface area contributed by atoms with Gasteiger partial charge in [-0.25, -0.2) is 0 Å². The lowest BCUT2D eigenvalue weighted by atomic mass is 10.2. The van der Waals surface area contributed by atoms with Crippen molar-refractivity contribution in [3.63, 3.8) is 0 Å². The van der Waals surface area contributed by atoms with Crippen molar-refractivity contribution in [3.8, 4) is 6.08 Å². The molecule has 0 atom stereocenters. The average molecular weight is 171 g/mol. The number of ether oxygens (including phenoxy) is 1. The lowest BCUT2D eigenvalue weighted by Crippen LogP contribution is -2.23. The van der Waals surface area contributed by atoms with Gasteiger partial charge in [0.05, 0.1) is 6.61 Å². The van der Waals surface area contributed by atoms with Crippen LogP contribution in [0.2, 0.25) is 0 Å². The van der Waals surface area contributed by atoms with E-state index < -0.39 is 0 Å². The van der Waals surface area contributed by atoms with E-state index in [1.807, 2.05) is 20.8 Å². The molecule has 4 nitrogen and oxygen atoms in total. The Morgan fingerprint density at radius 2 is 2.25 bits per heavy atom. The molecule has 0 radical (unpaired) electrons. The van der Waals surface area contributed by atoms with Crippen molar-refractivity contribution in [1.29, 1.82) is 0 Å². The molecule has 0 saturated carbocycles. The van der Waals surface area contributed by atoms with E-state index in [1.54, 1.807) is 0 Å². The summed E-state index contributed by atoms with van der Waals surface area (Å²) in [6, 6.07) is 0. The Kier molecular flexibility index (Phi) is 2.38. The summed E-state index contributed by atoms with van der Waals surface area (Å²) in [6.07, 6.45) is 1.58. The van der Waals surface area contributed by atoms with E-state index in [-0.39, 0.29) is 18.3 Å². The number of aliphatic hydroxyl groups is 1. The molecule has 1 rings (SSSR count). The molecule has 0 bridgehead atoms. The molecule has 1 aromatic heterocycles. The van der Waals surface area contributed by atoms with Gasteiger partial charge in [0, 0.05) is 0 Å². The van der Waals surface area contributed by atoms with Crippen LogP contribution in [-0.4, -0.2) is 15.7 Å². The maximum absolute atomic E-state index is 8.67. The predicted octanol–water partition coefficient (Wildman–Crippen LogP) is 1.34. The number of rotatable bonds is 2. The molecule has 0 unspecified atom stereocenters. The third kappa shape index (κ3) is 2.54. The quantitative estimate of drug-likeness (QED) is 0.729. The van der Waals surface area contributed by atoms with Crippen LogP contribution >= 0.6 is 0 Å². The first-order valence-corrected chi connectivity index (χ1v) is 3.75. The highest BCUT2D eigenvalue weighted by atomic mass is 16.6. The van der Waals surface area contributed by atoms with Gasteiger partial charge < -0.3 is 14.3 Å². The van der Waals surface area contributed by atoms with E-state index in [2.05, 4.69) is 4.98 Å². The molecular weight excluding hydrogens is 158 g/mol. The van der Waals surface area contributed by atoms with Gasteiger partial charge in [-0.3, -0.25) is 0 Å². The third-order valence-electron chi connectivity index (χ3n) is 1.09. The summed E-state index contributed by atoms with van der Waals surface area (Å²) in [6.45, 7) is 5.57. The maximum atomic E-state index is 8.67. The topological polar surface area (TPSA) is 55.5 Å². The maximum Gasteiger partial charge on any atom is 0.394 e. The molecule has 0 amide bonds. The van der Waals surface area contributed by atoms with E-state index in [0.29, 0.717) is 5.69 Å². The normalized spacial score (nSPS) is 11.7. The van der Waals surface area contributed by atoms with E-state index in [1.165, 1.54) is 6.26 Å². The van der Waals surface area contributed by atoms with Gasteiger partial charge >= 0.3 is 6.08 Å². The number of hydrogen-bond acceptors (Lipinski definition) is 4. The highest BCUT2D eigenvalue weighted by molar-refractivity contribution is 4.98. The molecule has 0 fully saturated rings. The summed E-state index contributed by atoms with van der Waals surface area (Å²) < 4.78 is 10.2. The van der Waals surface area contributed by atoms with E-state index in [0.717, 1.165) is 0 Å². The molecule has 0 aliphatic carbocycles. The first-order chi connectivity index (χ1) is 5.51. The van der Waals surface area contributed by atoms with Crippen LogP contribution in [0.5, 0.6) is 6.08 Å². The zero-order valence-corrected chi connectivity index (χ0v) is 7.50. The van der Waals surface area contributed by atoms with Crippen LogP contribution in [0.1, 0.15) is 26.5 Å². The Hall–Kier alpha value is -1.03. The minimum absolute atomic E-state index is 0.128. The fraction of sp³-hybridized carbons (Fsp3) is 0.625. The SMILES string of the molecule is CC(C)(C)Oc1nc(CO)co1. The molecule has 68 valence electrons. The summed E-state index contributed by atoms with van der Waals surface area (Å²) in [5.41, 5.74) is 0.159.